The quantitative estimate of drug-likeness (QED) is 0.688. The second kappa shape index (κ2) is 8.68. The van der Waals surface area contributed by atoms with Gasteiger partial charge in [-0.3, -0.25) is 4.79 Å². The first-order valence-electron chi connectivity index (χ1n) is 8.40. The molecule has 1 fully saturated rings. The van der Waals surface area contributed by atoms with Crippen LogP contribution < -0.4 is 9.46 Å². The van der Waals surface area contributed by atoms with Crippen LogP contribution in [0.25, 0.3) is 0 Å². The molecule has 10 heteroatoms. The average Bonchev–Trinajstić information content (AvgIpc) is 2.64. The second-order valence-corrected chi connectivity index (χ2v) is 8.06. The topological polar surface area (TPSA) is 111 Å². The van der Waals surface area contributed by atoms with Crippen LogP contribution in [0.1, 0.15) is 24.2 Å². The molecule has 0 bridgehead atoms. The molecular formula is C17H24N2O7S. The fourth-order valence-electron chi connectivity index (χ4n) is 2.81. The van der Waals surface area contributed by atoms with Crippen molar-refractivity contribution in [2.75, 3.05) is 33.9 Å². The summed E-state index contributed by atoms with van der Waals surface area (Å²) < 4.78 is 42.0. The third-order valence-corrected chi connectivity index (χ3v) is 5.49. The van der Waals surface area contributed by atoms with Crippen molar-refractivity contribution >= 4 is 21.9 Å². The first kappa shape index (κ1) is 21.1. The molecule has 0 aromatic heterocycles. The number of methoxy groups -OCH3 is 1. The van der Waals surface area contributed by atoms with Gasteiger partial charge in [-0.15, -0.1) is 0 Å². The number of hydrogen-bond donors (Lipinski definition) is 1. The lowest BCUT2D eigenvalue weighted by atomic mass is 10.2. The van der Waals surface area contributed by atoms with Gasteiger partial charge in [-0.05, 0) is 39.1 Å². The molecule has 150 valence electrons. The molecular weight excluding hydrogens is 376 g/mol. The molecule has 1 saturated heterocycles. The van der Waals surface area contributed by atoms with E-state index < -0.39 is 22.6 Å². The SMILES string of the molecule is CNS(=O)(=O)c1cc(C(=O)OCC(=O)N2C[C@@H](C)O[C@@H](C)C2)ccc1OC. The van der Waals surface area contributed by atoms with Gasteiger partial charge in [0.05, 0.1) is 24.9 Å². The predicted molar refractivity (Wildman–Crippen MR) is 96.1 cm³/mol. The Bertz CT molecular complexity index is 799. The molecule has 2 atom stereocenters. The van der Waals surface area contributed by atoms with Gasteiger partial charge in [0, 0.05) is 13.1 Å². The minimum atomic E-state index is -3.83. The number of morpholine rings is 1. The van der Waals surface area contributed by atoms with Crippen molar-refractivity contribution in [3.05, 3.63) is 23.8 Å². The van der Waals surface area contributed by atoms with E-state index in [2.05, 4.69) is 4.72 Å². The summed E-state index contributed by atoms with van der Waals surface area (Å²) in [4.78, 5) is 25.9. The zero-order chi connectivity index (χ0) is 20.2. The summed E-state index contributed by atoms with van der Waals surface area (Å²) in [5.74, 6) is -1.04. The number of esters is 1. The molecule has 0 spiro atoms. The highest BCUT2D eigenvalue weighted by molar-refractivity contribution is 7.89. The summed E-state index contributed by atoms with van der Waals surface area (Å²) in [6.07, 6.45) is -0.186. The Morgan fingerprint density at radius 1 is 1.26 bits per heavy atom. The number of sulfonamides is 1. The monoisotopic (exact) mass is 400 g/mol. The Hall–Kier alpha value is -2.17. The standard InChI is InChI=1S/C17H24N2O7S/c1-11-8-19(9-12(2)26-11)16(20)10-25-17(21)13-5-6-14(24-4)15(7-13)27(22,23)18-3/h5-7,11-12,18H,8-10H2,1-4H3/t11-,12+. The number of ether oxygens (including phenoxy) is 3. The second-order valence-electron chi connectivity index (χ2n) is 6.21. The van der Waals surface area contributed by atoms with Crippen LogP contribution in [0.3, 0.4) is 0 Å². The van der Waals surface area contributed by atoms with Gasteiger partial charge in [0.1, 0.15) is 10.6 Å². The van der Waals surface area contributed by atoms with Gasteiger partial charge in [-0.1, -0.05) is 0 Å². The zero-order valence-corrected chi connectivity index (χ0v) is 16.5. The molecule has 0 saturated carbocycles. The molecule has 1 N–H and O–H groups in total. The lowest BCUT2D eigenvalue weighted by Crippen LogP contribution is -2.49. The van der Waals surface area contributed by atoms with Crippen LogP contribution >= 0.6 is 0 Å². The van der Waals surface area contributed by atoms with Crippen LogP contribution in [0, 0.1) is 0 Å². The van der Waals surface area contributed by atoms with E-state index in [9.17, 15) is 18.0 Å². The van der Waals surface area contributed by atoms with Crippen LogP contribution in [0.15, 0.2) is 23.1 Å². The molecule has 1 aliphatic heterocycles. The van der Waals surface area contributed by atoms with E-state index in [1.54, 1.807) is 4.90 Å². The van der Waals surface area contributed by atoms with E-state index in [0.717, 1.165) is 6.07 Å². The van der Waals surface area contributed by atoms with Crippen LogP contribution in [0.5, 0.6) is 5.75 Å². The molecule has 1 heterocycles. The number of carbonyl (C=O) groups is 2. The Balaban J connectivity index is 2.08. The zero-order valence-electron chi connectivity index (χ0n) is 15.7. The number of hydrogen-bond acceptors (Lipinski definition) is 7. The summed E-state index contributed by atoms with van der Waals surface area (Å²) in [6, 6.07) is 3.88. The minimum absolute atomic E-state index is 0.00105. The van der Waals surface area contributed by atoms with E-state index in [1.807, 2.05) is 13.8 Å². The van der Waals surface area contributed by atoms with E-state index in [1.165, 1.54) is 26.3 Å². The normalized spacial score (nSPS) is 20.2. The summed E-state index contributed by atoms with van der Waals surface area (Å²) in [7, 11) is -1.25. The maximum atomic E-state index is 12.3. The lowest BCUT2D eigenvalue weighted by molar-refractivity contribution is -0.146. The van der Waals surface area contributed by atoms with Gasteiger partial charge in [-0.25, -0.2) is 17.9 Å². The van der Waals surface area contributed by atoms with Gasteiger partial charge in [0.25, 0.3) is 5.91 Å². The molecule has 2 rings (SSSR count). The van der Waals surface area contributed by atoms with Crippen LogP contribution in [-0.2, 0) is 24.3 Å². The number of carbonyl (C=O) groups excluding carboxylic acids is 2. The third kappa shape index (κ3) is 5.18. The summed E-state index contributed by atoms with van der Waals surface area (Å²) in [5, 5.41) is 0. The van der Waals surface area contributed by atoms with Crippen molar-refractivity contribution in [2.45, 2.75) is 31.0 Å². The predicted octanol–water partition coefficient (Wildman–Crippen LogP) is 0.396. The molecule has 1 aromatic carbocycles. The number of nitrogens with zero attached hydrogens (tertiary/aromatic N) is 1. The summed E-state index contributed by atoms with van der Waals surface area (Å²) >= 11 is 0. The Morgan fingerprint density at radius 2 is 1.89 bits per heavy atom. The smallest absolute Gasteiger partial charge is 0.338 e. The number of benzene rings is 1. The molecule has 0 aliphatic carbocycles. The highest BCUT2D eigenvalue weighted by Crippen LogP contribution is 2.25. The summed E-state index contributed by atoms with van der Waals surface area (Å²) in [5.41, 5.74) is 0.00105. The number of rotatable bonds is 6. The minimum Gasteiger partial charge on any atom is -0.495 e. The highest BCUT2D eigenvalue weighted by atomic mass is 32.2. The van der Waals surface area contributed by atoms with Crippen LogP contribution in [-0.4, -0.2) is 71.3 Å². The lowest BCUT2D eigenvalue weighted by Gasteiger charge is -2.35. The molecule has 0 radical (unpaired) electrons. The molecule has 1 aliphatic rings. The fourth-order valence-corrected chi connectivity index (χ4v) is 3.73. The van der Waals surface area contributed by atoms with Gasteiger partial charge >= 0.3 is 5.97 Å². The van der Waals surface area contributed by atoms with Crippen molar-refractivity contribution in [3.8, 4) is 5.75 Å². The maximum absolute atomic E-state index is 12.3. The first-order chi connectivity index (χ1) is 12.7. The van der Waals surface area contributed by atoms with Crippen molar-refractivity contribution in [3.63, 3.8) is 0 Å². The van der Waals surface area contributed by atoms with Gasteiger partial charge < -0.3 is 19.1 Å². The largest absolute Gasteiger partial charge is 0.495 e. The number of amides is 1. The van der Waals surface area contributed by atoms with Gasteiger partial charge in [0.15, 0.2) is 6.61 Å². The van der Waals surface area contributed by atoms with Crippen molar-refractivity contribution in [1.82, 2.24) is 9.62 Å². The Labute approximate surface area is 158 Å². The van der Waals surface area contributed by atoms with Crippen molar-refractivity contribution < 1.29 is 32.2 Å². The summed E-state index contributed by atoms with van der Waals surface area (Å²) in [6.45, 7) is 4.14. The van der Waals surface area contributed by atoms with Crippen molar-refractivity contribution in [2.24, 2.45) is 0 Å². The van der Waals surface area contributed by atoms with Crippen LogP contribution in [0.4, 0.5) is 0 Å². The van der Waals surface area contributed by atoms with Gasteiger partial charge in [-0.2, -0.15) is 0 Å². The van der Waals surface area contributed by atoms with Gasteiger partial charge in [0.2, 0.25) is 10.0 Å². The highest BCUT2D eigenvalue weighted by Gasteiger charge is 2.27. The molecule has 1 amide bonds. The molecule has 9 nitrogen and oxygen atoms in total. The Morgan fingerprint density at radius 3 is 2.44 bits per heavy atom. The maximum Gasteiger partial charge on any atom is 0.338 e. The molecule has 1 aromatic rings. The third-order valence-electron chi connectivity index (χ3n) is 4.06. The van der Waals surface area contributed by atoms with E-state index in [4.69, 9.17) is 14.2 Å². The van der Waals surface area contributed by atoms with Crippen LogP contribution in [0.2, 0.25) is 0 Å². The number of nitrogens with one attached hydrogen (secondary N) is 1. The Kier molecular flexibility index (Phi) is 6.79. The fraction of sp³-hybridized carbons (Fsp3) is 0.529. The molecule has 0 unspecified atom stereocenters. The molecule has 27 heavy (non-hydrogen) atoms. The van der Waals surface area contributed by atoms with E-state index in [0.29, 0.717) is 13.1 Å². The van der Waals surface area contributed by atoms with E-state index >= 15 is 0 Å². The average molecular weight is 400 g/mol. The van der Waals surface area contributed by atoms with E-state index in [-0.39, 0.29) is 34.3 Å². The van der Waals surface area contributed by atoms with Crippen molar-refractivity contribution in [1.29, 1.82) is 0 Å². The first-order valence-corrected chi connectivity index (χ1v) is 9.88.